The molecule has 8 nitrogen and oxygen atoms in total. The van der Waals surface area contributed by atoms with E-state index in [9.17, 15) is 14.5 Å². The molecule has 1 aromatic heterocycles. The number of carbonyl (C=O) groups excluding carboxylic acids is 2. The summed E-state index contributed by atoms with van der Waals surface area (Å²) in [5, 5.41) is 9.66. The molecule has 0 spiro atoms. The second-order valence-electron chi connectivity index (χ2n) is 6.04. The van der Waals surface area contributed by atoms with Gasteiger partial charge < -0.3 is 4.74 Å². The molecular weight excluding hydrogens is 350 g/mol. The fourth-order valence-electron chi connectivity index (χ4n) is 3.32. The molecule has 0 bridgehead atoms. The van der Waals surface area contributed by atoms with E-state index in [1.54, 1.807) is 25.1 Å². The number of rotatable bonds is 3. The summed E-state index contributed by atoms with van der Waals surface area (Å²) in [6.07, 6.45) is 0. The van der Waals surface area contributed by atoms with Gasteiger partial charge >= 0.3 is 5.69 Å². The third kappa shape index (κ3) is 2.34. The summed E-state index contributed by atoms with van der Waals surface area (Å²) in [4.78, 5) is 42.4. The Bertz CT molecular complexity index is 1160. The molecule has 4 rings (SSSR count). The number of benzene rings is 2. The average molecular weight is 364 g/mol. The van der Waals surface area contributed by atoms with E-state index in [2.05, 4.69) is 4.98 Å². The molecule has 0 fully saturated rings. The number of imide groups is 1. The Morgan fingerprint density at radius 3 is 2.48 bits per heavy atom. The van der Waals surface area contributed by atoms with Crippen molar-refractivity contribution < 1.29 is 24.5 Å². The first-order valence-electron chi connectivity index (χ1n) is 8.06. The normalized spacial score (nSPS) is 13.2. The van der Waals surface area contributed by atoms with Gasteiger partial charge in [-0.25, -0.2) is 10.1 Å². The van der Waals surface area contributed by atoms with E-state index in [-0.39, 0.29) is 27.6 Å². The van der Waals surface area contributed by atoms with Crippen molar-refractivity contribution in [2.75, 3.05) is 12.0 Å². The van der Waals surface area contributed by atoms with Gasteiger partial charge in [0, 0.05) is 11.5 Å². The summed E-state index contributed by atoms with van der Waals surface area (Å²) in [5.74, 6) is -0.905. The van der Waals surface area contributed by atoms with Crippen LogP contribution in [0.25, 0.3) is 10.9 Å². The van der Waals surface area contributed by atoms with E-state index in [0.29, 0.717) is 22.2 Å². The topological polar surface area (TPSA) is 99.8 Å². The number of hydrogen-bond acceptors (Lipinski definition) is 5. The smallest absolute Gasteiger partial charge is 0.320 e. The number of aryl methyl sites for hydroxylation is 1. The maximum atomic E-state index is 13.2. The quantitative estimate of drug-likeness (QED) is 0.566. The summed E-state index contributed by atoms with van der Waals surface area (Å²) in [6, 6.07) is 11.0. The number of methoxy groups -OCH3 is 1. The predicted molar refractivity (Wildman–Crippen MR) is 95.7 cm³/mol. The molecule has 3 aromatic rings. The van der Waals surface area contributed by atoms with Crippen molar-refractivity contribution in [2.45, 2.75) is 6.92 Å². The number of para-hydroxylation sites is 1. The fourth-order valence-corrected chi connectivity index (χ4v) is 3.32. The van der Waals surface area contributed by atoms with Crippen molar-refractivity contribution in [1.29, 1.82) is 0 Å². The maximum absolute atomic E-state index is 13.2. The Labute approximate surface area is 153 Å². The third-order valence-corrected chi connectivity index (χ3v) is 4.53. The van der Waals surface area contributed by atoms with Crippen LogP contribution in [0.5, 0.6) is 5.75 Å². The molecule has 134 valence electrons. The minimum atomic E-state index is -0.514. The fraction of sp³-hybridized carbons (Fsp3) is 0.105. The molecule has 0 radical (unpaired) electrons. The molecule has 1 aliphatic rings. The minimum Gasteiger partial charge on any atom is -0.494 e. The van der Waals surface area contributed by atoms with Gasteiger partial charge in [-0.1, -0.05) is 18.2 Å². The molecule has 0 aliphatic carbocycles. The molecular formula is C19H14N3O5+. The Morgan fingerprint density at radius 1 is 1.07 bits per heavy atom. The van der Waals surface area contributed by atoms with Crippen LogP contribution in [0.4, 0.5) is 11.4 Å². The lowest BCUT2D eigenvalue weighted by atomic mass is 10.0. The Hall–Kier alpha value is -3.81. The number of nitrogens with zero attached hydrogens (tertiary/aromatic N) is 3. The number of pyridine rings is 1. The van der Waals surface area contributed by atoms with E-state index in [4.69, 9.17) is 9.94 Å². The maximum Gasteiger partial charge on any atom is 0.320 e. The number of anilines is 1. The number of carbonyl (C=O) groups is 2. The molecule has 2 aromatic carbocycles. The van der Waals surface area contributed by atoms with Gasteiger partial charge in [-0.05, 0) is 19.1 Å². The van der Waals surface area contributed by atoms with E-state index in [1.165, 1.54) is 25.3 Å². The van der Waals surface area contributed by atoms with E-state index in [0.717, 1.165) is 4.90 Å². The number of hydrogen-bond donors (Lipinski definition) is 1. The zero-order valence-corrected chi connectivity index (χ0v) is 14.5. The van der Waals surface area contributed by atoms with Gasteiger partial charge in [0.1, 0.15) is 5.75 Å². The number of ether oxygens (including phenoxy) is 1. The Balaban J connectivity index is 1.94. The van der Waals surface area contributed by atoms with Crippen LogP contribution in [0.2, 0.25) is 0 Å². The van der Waals surface area contributed by atoms with Crippen molar-refractivity contribution in [1.82, 2.24) is 4.98 Å². The Morgan fingerprint density at radius 2 is 1.78 bits per heavy atom. The van der Waals surface area contributed by atoms with Gasteiger partial charge in [-0.2, -0.15) is 0 Å². The summed E-state index contributed by atoms with van der Waals surface area (Å²) < 4.78 is 5.22. The highest BCUT2D eigenvalue weighted by molar-refractivity contribution is 6.38. The summed E-state index contributed by atoms with van der Waals surface area (Å²) in [6.45, 7) is 1.68. The number of amides is 2. The van der Waals surface area contributed by atoms with Crippen molar-refractivity contribution in [3.8, 4) is 5.75 Å². The van der Waals surface area contributed by atoms with Gasteiger partial charge in [0.15, 0.2) is 0 Å². The molecule has 0 unspecified atom stereocenters. The molecule has 0 saturated heterocycles. The first-order chi connectivity index (χ1) is 12.9. The lowest BCUT2D eigenvalue weighted by molar-refractivity contribution is -0.729. The standard InChI is InChI=1S/C19H14N3O5/c1-10-16-17(12-5-3-4-6-13(12)20-10)19(24)21(18(16)23)14-8-7-11(22(25)26)9-15(14)27-2/h3-9H,1-2H3,(H,25,26)/q+1. The first kappa shape index (κ1) is 16.6. The molecule has 27 heavy (non-hydrogen) atoms. The predicted octanol–water partition coefficient (Wildman–Crippen LogP) is 3.15. The van der Waals surface area contributed by atoms with Crippen LogP contribution in [-0.4, -0.2) is 34.0 Å². The van der Waals surface area contributed by atoms with Crippen molar-refractivity contribution in [3.63, 3.8) is 0 Å². The van der Waals surface area contributed by atoms with Crippen LogP contribution in [0, 0.1) is 11.8 Å². The highest BCUT2D eigenvalue weighted by atomic mass is 16.6. The molecule has 0 saturated carbocycles. The molecule has 0 atom stereocenters. The van der Waals surface area contributed by atoms with Crippen molar-refractivity contribution >= 4 is 34.1 Å². The SMILES string of the molecule is COc1cc([N+](=O)O)ccc1N1C(=O)c2c(C)nc3ccccc3c2C1=O. The lowest BCUT2D eigenvalue weighted by Gasteiger charge is -2.16. The van der Waals surface area contributed by atoms with E-state index < -0.39 is 11.8 Å². The van der Waals surface area contributed by atoms with Crippen LogP contribution < -0.4 is 9.64 Å². The van der Waals surface area contributed by atoms with Crippen LogP contribution >= 0.6 is 0 Å². The summed E-state index contributed by atoms with van der Waals surface area (Å²) in [7, 11) is 1.34. The van der Waals surface area contributed by atoms with Gasteiger partial charge in [-0.15, -0.1) is 0 Å². The van der Waals surface area contributed by atoms with Gasteiger partial charge in [0.25, 0.3) is 16.7 Å². The zero-order valence-electron chi connectivity index (χ0n) is 14.5. The summed E-state index contributed by atoms with van der Waals surface area (Å²) >= 11 is 0. The van der Waals surface area contributed by atoms with Crippen molar-refractivity contribution in [3.05, 3.63) is 64.2 Å². The monoisotopic (exact) mass is 364 g/mol. The van der Waals surface area contributed by atoms with Crippen LogP contribution in [-0.2, 0) is 0 Å². The molecule has 2 amide bonds. The van der Waals surface area contributed by atoms with Gasteiger partial charge in [0.05, 0.1) is 46.1 Å². The zero-order chi connectivity index (χ0) is 19.3. The third-order valence-electron chi connectivity index (χ3n) is 4.53. The average Bonchev–Trinajstić information content (AvgIpc) is 2.92. The van der Waals surface area contributed by atoms with Crippen LogP contribution in [0.3, 0.4) is 0 Å². The lowest BCUT2D eigenvalue weighted by Crippen LogP contribution is -2.30. The second kappa shape index (κ2) is 5.87. The highest BCUT2D eigenvalue weighted by Gasteiger charge is 2.41. The van der Waals surface area contributed by atoms with Crippen LogP contribution in [0.1, 0.15) is 26.4 Å². The largest absolute Gasteiger partial charge is 0.494 e. The second-order valence-corrected chi connectivity index (χ2v) is 6.04. The van der Waals surface area contributed by atoms with Gasteiger partial charge in [0.2, 0.25) is 0 Å². The first-order valence-corrected chi connectivity index (χ1v) is 8.06. The summed E-state index contributed by atoms with van der Waals surface area (Å²) in [5.41, 5.74) is 1.72. The van der Waals surface area contributed by atoms with Crippen LogP contribution in [0.15, 0.2) is 42.5 Å². The minimum absolute atomic E-state index is 0.0875. The molecule has 1 N–H and O–H groups in total. The highest BCUT2D eigenvalue weighted by Crippen LogP contribution is 2.39. The molecule has 1 aliphatic heterocycles. The van der Waals surface area contributed by atoms with E-state index in [1.807, 2.05) is 6.07 Å². The molecule has 8 heteroatoms. The number of fused-ring (bicyclic) bond motifs is 3. The van der Waals surface area contributed by atoms with E-state index >= 15 is 0 Å². The van der Waals surface area contributed by atoms with Gasteiger partial charge in [-0.3, -0.25) is 14.6 Å². The molecule has 2 heterocycles. The number of aromatic nitrogens is 1. The Kier molecular flexibility index (Phi) is 3.62. The van der Waals surface area contributed by atoms with Crippen molar-refractivity contribution in [2.24, 2.45) is 0 Å².